The Kier molecular flexibility index (Phi) is 5.87. The van der Waals surface area contributed by atoms with Gasteiger partial charge >= 0.3 is 5.97 Å². The number of aryl methyl sites for hydroxylation is 2. The lowest BCUT2D eigenvalue weighted by atomic mass is 9.97. The van der Waals surface area contributed by atoms with Gasteiger partial charge in [-0.15, -0.1) is 0 Å². The third-order valence-corrected chi connectivity index (χ3v) is 5.47. The summed E-state index contributed by atoms with van der Waals surface area (Å²) in [5, 5.41) is 4.56. The monoisotopic (exact) mass is 456 g/mol. The molecule has 1 aromatic heterocycles. The highest BCUT2D eigenvalue weighted by atomic mass is 16.5. The molecule has 0 bridgehead atoms. The first kappa shape index (κ1) is 19.4. The maximum atomic E-state index is 13.1. The van der Waals surface area contributed by atoms with Gasteiger partial charge in [0.1, 0.15) is 6.56 Å². The van der Waals surface area contributed by atoms with Crippen LogP contribution in [0.15, 0.2) is 79.1 Å². The van der Waals surface area contributed by atoms with Gasteiger partial charge in [-0.3, -0.25) is 9.78 Å². The number of nitrogens with zero attached hydrogens (tertiary/aromatic N) is 1. The SMILES string of the molecule is [2H]C([2H])(OC(=O)c1ccc(C)cc1C)c1ccc([C@@]([2H])(CN)C(=O)Nc2ccc3cnccc3c2)cc1. The molecule has 4 rings (SSSR count). The fourth-order valence-corrected chi connectivity index (χ4v) is 3.65. The van der Waals surface area contributed by atoms with Crippen molar-refractivity contribution in [3.63, 3.8) is 0 Å². The van der Waals surface area contributed by atoms with Crippen molar-refractivity contribution in [2.75, 3.05) is 11.9 Å². The molecule has 0 spiro atoms. The van der Waals surface area contributed by atoms with Crippen LogP contribution in [0, 0.1) is 13.8 Å². The summed E-state index contributed by atoms with van der Waals surface area (Å²) in [4.78, 5) is 29.8. The van der Waals surface area contributed by atoms with Gasteiger partial charge in [0, 0.05) is 31.4 Å². The molecule has 0 saturated carbocycles. The number of rotatable bonds is 7. The van der Waals surface area contributed by atoms with Crippen LogP contribution in [-0.4, -0.2) is 23.4 Å². The van der Waals surface area contributed by atoms with Gasteiger partial charge in [-0.05, 0) is 60.2 Å². The average molecular weight is 457 g/mol. The molecule has 6 nitrogen and oxygen atoms in total. The molecule has 3 aromatic carbocycles. The number of benzene rings is 3. The van der Waals surface area contributed by atoms with E-state index in [4.69, 9.17) is 14.6 Å². The normalized spacial score (nSPS) is 14.4. The zero-order valence-electron chi connectivity index (χ0n) is 22.0. The number of carbonyl (C=O) groups is 2. The Morgan fingerprint density at radius 3 is 2.59 bits per heavy atom. The standard InChI is InChI=1S/C28H27N3O3/c1-18-3-10-25(19(2)13-18)28(33)34-17-20-4-6-21(7-5-20)26(15-29)27(32)31-24-9-8-23-16-30-12-11-22(23)14-24/h3-14,16,26H,15,17,29H2,1-2H3,(H,31,32)/t26-/m1/s1/i17D2,26D. The van der Waals surface area contributed by atoms with Crippen LogP contribution in [0.2, 0.25) is 0 Å². The zero-order valence-corrected chi connectivity index (χ0v) is 19.0. The van der Waals surface area contributed by atoms with E-state index in [2.05, 4.69) is 10.3 Å². The number of fused-ring (bicyclic) bond motifs is 1. The number of aromatic nitrogens is 1. The summed E-state index contributed by atoms with van der Waals surface area (Å²) in [5.74, 6) is -3.23. The van der Waals surface area contributed by atoms with E-state index in [9.17, 15) is 9.59 Å². The molecule has 6 heteroatoms. The summed E-state index contributed by atoms with van der Waals surface area (Å²) in [6, 6.07) is 18.0. The molecule has 1 heterocycles. The van der Waals surface area contributed by atoms with E-state index >= 15 is 0 Å². The molecule has 0 aliphatic carbocycles. The summed E-state index contributed by atoms with van der Waals surface area (Å²) >= 11 is 0. The van der Waals surface area contributed by atoms with Gasteiger partial charge in [-0.1, -0.05) is 48.0 Å². The highest BCUT2D eigenvalue weighted by molar-refractivity contribution is 5.98. The summed E-state index contributed by atoms with van der Waals surface area (Å²) in [7, 11) is 0. The van der Waals surface area contributed by atoms with Crippen LogP contribution >= 0.6 is 0 Å². The predicted molar refractivity (Wildman–Crippen MR) is 134 cm³/mol. The quantitative estimate of drug-likeness (QED) is 0.386. The number of ether oxygens (including phenoxy) is 1. The number of pyridine rings is 1. The molecule has 0 saturated heterocycles. The maximum absolute atomic E-state index is 13.1. The second kappa shape index (κ2) is 10.3. The Morgan fingerprint density at radius 2 is 1.85 bits per heavy atom. The smallest absolute Gasteiger partial charge is 0.338 e. The van der Waals surface area contributed by atoms with Crippen LogP contribution in [0.3, 0.4) is 0 Å². The first-order valence-electron chi connectivity index (χ1n) is 12.3. The second-order valence-electron chi connectivity index (χ2n) is 7.96. The Bertz CT molecular complexity index is 1470. The van der Waals surface area contributed by atoms with Crippen LogP contribution in [0.5, 0.6) is 0 Å². The summed E-state index contributed by atoms with van der Waals surface area (Å²) < 4.78 is 30.6. The first-order chi connectivity index (χ1) is 17.5. The lowest BCUT2D eigenvalue weighted by Crippen LogP contribution is -2.27. The van der Waals surface area contributed by atoms with Crippen molar-refractivity contribution in [1.82, 2.24) is 4.98 Å². The summed E-state index contributed by atoms with van der Waals surface area (Å²) in [5.41, 5.74) is 8.67. The van der Waals surface area contributed by atoms with Crippen molar-refractivity contribution >= 4 is 28.3 Å². The largest absolute Gasteiger partial charge is 0.457 e. The molecule has 3 N–H and O–H groups in total. The summed E-state index contributed by atoms with van der Waals surface area (Å²) in [6.07, 6.45) is 3.37. The zero-order chi connectivity index (χ0) is 26.8. The van der Waals surface area contributed by atoms with E-state index in [1.165, 1.54) is 24.3 Å². The molecule has 4 aromatic rings. The third-order valence-electron chi connectivity index (χ3n) is 5.47. The molecular formula is C28H27N3O3. The maximum Gasteiger partial charge on any atom is 0.338 e. The van der Waals surface area contributed by atoms with Crippen LogP contribution < -0.4 is 11.1 Å². The molecule has 0 fully saturated rings. The van der Waals surface area contributed by atoms with Gasteiger partial charge < -0.3 is 15.8 Å². The molecule has 0 unspecified atom stereocenters. The first-order valence-corrected chi connectivity index (χ1v) is 10.8. The van der Waals surface area contributed by atoms with Gasteiger partial charge in [0.05, 0.1) is 14.2 Å². The number of nitrogens with one attached hydrogen (secondary N) is 1. The van der Waals surface area contributed by atoms with E-state index in [-0.39, 0.29) is 23.2 Å². The second-order valence-corrected chi connectivity index (χ2v) is 7.96. The van der Waals surface area contributed by atoms with E-state index in [0.717, 1.165) is 16.3 Å². The fourth-order valence-electron chi connectivity index (χ4n) is 3.65. The highest BCUT2D eigenvalue weighted by Crippen LogP contribution is 2.22. The number of hydrogen-bond acceptors (Lipinski definition) is 5. The molecule has 0 aliphatic heterocycles. The Hall–Kier alpha value is -4.03. The topological polar surface area (TPSA) is 94.3 Å². The number of nitrogens with two attached hydrogens (primary N) is 1. The van der Waals surface area contributed by atoms with Crippen molar-refractivity contribution < 1.29 is 18.4 Å². The Morgan fingerprint density at radius 1 is 1.06 bits per heavy atom. The van der Waals surface area contributed by atoms with E-state index in [1.54, 1.807) is 43.6 Å². The molecule has 0 radical (unpaired) electrons. The molecule has 172 valence electrons. The Balaban J connectivity index is 1.52. The van der Waals surface area contributed by atoms with E-state index < -0.39 is 24.3 Å². The van der Waals surface area contributed by atoms with Crippen LogP contribution in [0.25, 0.3) is 10.8 Å². The number of esters is 1. The molecule has 1 atom stereocenters. The summed E-state index contributed by atoms with van der Waals surface area (Å²) in [6.45, 7) is 0.929. The fraction of sp³-hybridized carbons (Fsp3) is 0.179. The van der Waals surface area contributed by atoms with E-state index in [1.807, 2.05) is 25.1 Å². The van der Waals surface area contributed by atoms with Gasteiger partial charge in [0.2, 0.25) is 5.91 Å². The number of carbonyl (C=O) groups excluding carboxylic acids is 2. The van der Waals surface area contributed by atoms with Gasteiger partial charge in [0.25, 0.3) is 0 Å². The van der Waals surface area contributed by atoms with Crippen LogP contribution in [0.1, 0.15) is 42.6 Å². The minimum absolute atomic E-state index is 0.0669. The van der Waals surface area contributed by atoms with Gasteiger partial charge in [0.15, 0.2) is 0 Å². The number of anilines is 1. The van der Waals surface area contributed by atoms with Gasteiger partial charge in [-0.2, -0.15) is 0 Å². The number of amides is 1. The average Bonchev–Trinajstić information content (AvgIpc) is 2.87. The highest BCUT2D eigenvalue weighted by Gasteiger charge is 2.19. The van der Waals surface area contributed by atoms with Crippen molar-refractivity contribution in [3.8, 4) is 0 Å². The predicted octanol–water partition coefficient (Wildman–Crippen LogP) is 4.89. The van der Waals surface area contributed by atoms with Crippen LogP contribution in [0.4, 0.5) is 5.69 Å². The molecule has 34 heavy (non-hydrogen) atoms. The Labute approximate surface area is 203 Å². The minimum atomic E-state index is -2.43. The number of hydrogen-bond donors (Lipinski definition) is 2. The van der Waals surface area contributed by atoms with Crippen molar-refractivity contribution in [2.24, 2.45) is 5.73 Å². The van der Waals surface area contributed by atoms with Crippen LogP contribution in [-0.2, 0) is 16.1 Å². The lowest BCUT2D eigenvalue weighted by molar-refractivity contribution is -0.117. The molecule has 0 aliphatic rings. The van der Waals surface area contributed by atoms with E-state index in [0.29, 0.717) is 11.3 Å². The molecule has 1 amide bonds. The van der Waals surface area contributed by atoms with Crippen molar-refractivity contribution in [3.05, 3.63) is 107 Å². The van der Waals surface area contributed by atoms with Crippen molar-refractivity contribution in [2.45, 2.75) is 26.3 Å². The van der Waals surface area contributed by atoms with Crippen molar-refractivity contribution in [1.29, 1.82) is 0 Å². The lowest BCUT2D eigenvalue weighted by Gasteiger charge is -2.16. The third kappa shape index (κ3) is 5.30. The molecular weight excluding hydrogens is 426 g/mol. The minimum Gasteiger partial charge on any atom is -0.457 e. The van der Waals surface area contributed by atoms with Gasteiger partial charge in [-0.25, -0.2) is 4.79 Å².